The fourth-order valence-electron chi connectivity index (χ4n) is 4.90. The van der Waals surface area contributed by atoms with Crippen molar-refractivity contribution < 1.29 is 18.3 Å². The summed E-state index contributed by atoms with van der Waals surface area (Å²) in [4.78, 5) is 0. The summed E-state index contributed by atoms with van der Waals surface area (Å²) in [5.41, 5.74) is 0.639. The summed E-state index contributed by atoms with van der Waals surface area (Å²) in [6.45, 7) is 10.4. The van der Waals surface area contributed by atoms with Gasteiger partial charge in [0.05, 0.1) is 5.60 Å². The first-order valence-corrected chi connectivity index (χ1v) is 12.1. The molecule has 0 heterocycles. The Morgan fingerprint density at radius 1 is 0.750 bits per heavy atom. The van der Waals surface area contributed by atoms with Crippen molar-refractivity contribution in [2.24, 2.45) is 11.8 Å². The number of benzene rings is 2. The third kappa shape index (κ3) is 6.15. The Labute approximate surface area is 192 Å². The van der Waals surface area contributed by atoms with Crippen molar-refractivity contribution in [3.63, 3.8) is 0 Å². The van der Waals surface area contributed by atoms with Gasteiger partial charge in [0.1, 0.15) is 5.82 Å². The molecule has 178 valence electrons. The van der Waals surface area contributed by atoms with Gasteiger partial charge >= 0.3 is 0 Å². The summed E-state index contributed by atoms with van der Waals surface area (Å²) < 4.78 is 41.2. The van der Waals surface area contributed by atoms with Gasteiger partial charge in [-0.05, 0) is 35.4 Å². The number of hydrogen-bond acceptors (Lipinski definition) is 1. The van der Waals surface area contributed by atoms with E-state index in [2.05, 4.69) is 34.6 Å². The van der Waals surface area contributed by atoms with Gasteiger partial charge in [-0.3, -0.25) is 0 Å². The van der Waals surface area contributed by atoms with Crippen LogP contribution in [0.2, 0.25) is 0 Å². The second-order valence-electron chi connectivity index (χ2n) is 9.67. The predicted octanol–water partition coefficient (Wildman–Crippen LogP) is 8.65. The maximum Gasteiger partial charge on any atom is 0.161 e. The summed E-state index contributed by atoms with van der Waals surface area (Å²) in [6.07, 6.45) is 7.97. The van der Waals surface area contributed by atoms with Crippen molar-refractivity contribution in [1.29, 1.82) is 0 Å². The zero-order valence-corrected chi connectivity index (χ0v) is 20.2. The lowest BCUT2D eigenvalue weighted by Crippen LogP contribution is -2.46. The predicted molar refractivity (Wildman–Crippen MR) is 127 cm³/mol. The molecule has 0 bridgehead atoms. The van der Waals surface area contributed by atoms with Crippen LogP contribution >= 0.6 is 0 Å². The highest BCUT2D eigenvalue weighted by atomic mass is 19.2. The van der Waals surface area contributed by atoms with Crippen LogP contribution in [0.25, 0.3) is 11.1 Å². The monoisotopic (exact) mass is 448 g/mol. The Morgan fingerprint density at radius 3 is 1.84 bits per heavy atom. The first kappa shape index (κ1) is 26.4. The molecule has 1 atom stereocenters. The number of rotatable bonds is 12. The van der Waals surface area contributed by atoms with Gasteiger partial charge in [0.15, 0.2) is 11.6 Å². The fourth-order valence-corrected chi connectivity index (χ4v) is 4.90. The molecule has 1 unspecified atom stereocenters. The smallest absolute Gasteiger partial charge is 0.161 e. The number of halogens is 3. The van der Waals surface area contributed by atoms with Gasteiger partial charge in [-0.2, -0.15) is 0 Å². The molecule has 1 nitrogen and oxygen atoms in total. The second kappa shape index (κ2) is 11.9. The first-order valence-electron chi connectivity index (χ1n) is 12.1. The largest absolute Gasteiger partial charge is 0.389 e. The first-order chi connectivity index (χ1) is 15.1. The van der Waals surface area contributed by atoms with Gasteiger partial charge in [-0.15, -0.1) is 0 Å². The summed E-state index contributed by atoms with van der Waals surface area (Å²) in [7, 11) is 0. The Balaban J connectivity index is 2.31. The van der Waals surface area contributed by atoms with E-state index < -0.39 is 23.1 Å². The molecule has 0 aliphatic rings. The molecule has 32 heavy (non-hydrogen) atoms. The van der Waals surface area contributed by atoms with E-state index in [1.807, 2.05) is 12.1 Å². The van der Waals surface area contributed by atoms with E-state index in [4.69, 9.17) is 0 Å². The average molecular weight is 449 g/mol. The van der Waals surface area contributed by atoms with Gasteiger partial charge in [-0.1, -0.05) is 97.4 Å². The Kier molecular flexibility index (Phi) is 9.82. The van der Waals surface area contributed by atoms with Crippen LogP contribution in [-0.2, 0) is 0 Å². The maximum absolute atomic E-state index is 14.2. The van der Waals surface area contributed by atoms with Gasteiger partial charge in [0.25, 0.3) is 0 Å². The number of unbranched alkanes of at least 4 members (excludes halogenated alkanes) is 5. The molecule has 0 saturated heterocycles. The van der Waals surface area contributed by atoms with Crippen LogP contribution in [0.4, 0.5) is 13.2 Å². The molecule has 0 aliphatic carbocycles. The lowest BCUT2D eigenvalue weighted by Gasteiger charge is -2.43. The van der Waals surface area contributed by atoms with Crippen molar-refractivity contribution >= 4 is 0 Å². The summed E-state index contributed by atoms with van der Waals surface area (Å²) >= 11 is 0. The normalized spacial score (nSPS) is 13.2. The number of aliphatic hydroxyl groups is 1. The minimum absolute atomic E-state index is 0.0332. The molecular formula is C28H39F3O. The van der Waals surface area contributed by atoms with Crippen LogP contribution in [0.1, 0.15) is 91.0 Å². The third-order valence-corrected chi connectivity index (χ3v) is 6.89. The SMILES string of the molecule is CCCCCCCCC(c1ccc(-c2cc(F)c(F)cc2F)cc1)C(O)(C(C)C)C(C)C. The van der Waals surface area contributed by atoms with E-state index in [0.29, 0.717) is 11.6 Å². The van der Waals surface area contributed by atoms with Crippen LogP contribution in [0.3, 0.4) is 0 Å². The van der Waals surface area contributed by atoms with Crippen LogP contribution < -0.4 is 0 Å². The zero-order valence-electron chi connectivity index (χ0n) is 20.2. The molecule has 1 N–H and O–H groups in total. The van der Waals surface area contributed by atoms with Crippen molar-refractivity contribution in [3.05, 3.63) is 59.4 Å². The van der Waals surface area contributed by atoms with Crippen molar-refractivity contribution in [2.75, 3.05) is 0 Å². The molecule has 0 aromatic heterocycles. The van der Waals surface area contributed by atoms with Gasteiger partial charge < -0.3 is 5.11 Å². The summed E-state index contributed by atoms with van der Waals surface area (Å²) in [5, 5.41) is 11.8. The van der Waals surface area contributed by atoms with Crippen molar-refractivity contribution in [2.45, 2.75) is 91.1 Å². The highest BCUT2D eigenvalue weighted by Gasteiger charge is 2.42. The number of hydrogen-bond donors (Lipinski definition) is 1. The van der Waals surface area contributed by atoms with Gasteiger partial charge in [-0.25, -0.2) is 13.2 Å². The molecule has 4 heteroatoms. The van der Waals surface area contributed by atoms with Crippen LogP contribution in [0.15, 0.2) is 36.4 Å². The van der Waals surface area contributed by atoms with E-state index in [9.17, 15) is 18.3 Å². The second-order valence-corrected chi connectivity index (χ2v) is 9.67. The van der Waals surface area contributed by atoms with E-state index in [1.54, 1.807) is 12.1 Å². The molecule has 0 fully saturated rings. The molecule has 0 spiro atoms. The minimum Gasteiger partial charge on any atom is -0.389 e. The van der Waals surface area contributed by atoms with Gasteiger partial charge in [0.2, 0.25) is 0 Å². The van der Waals surface area contributed by atoms with E-state index >= 15 is 0 Å². The third-order valence-electron chi connectivity index (χ3n) is 6.89. The van der Waals surface area contributed by atoms with Crippen LogP contribution in [0, 0.1) is 29.3 Å². The molecular weight excluding hydrogens is 409 g/mol. The Hall–Kier alpha value is -1.81. The lowest BCUT2D eigenvalue weighted by molar-refractivity contribution is -0.0730. The molecule has 0 aliphatic heterocycles. The highest BCUT2D eigenvalue weighted by molar-refractivity contribution is 5.64. The Morgan fingerprint density at radius 2 is 1.28 bits per heavy atom. The molecule has 2 rings (SSSR count). The quantitative estimate of drug-likeness (QED) is 0.254. The van der Waals surface area contributed by atoms with Gasteiger partial charge in [0, 0.05) is 17.5 Å². The van der Waals surface area contributed by atoms with E-state index in [0.717, 1.165) is 30.9 Å². The lowest BCUT2D eigenvalue weighted by atomic mass is 9.67. The average Bonchev–Trinajstić information content (AvgIpc) is 2.75. The standard InChI is InChI=1S/C28H39F3O/c1-6-7-8-9-10-11-12-24(28(32,19(2)3)20(4)5)22-15-13-21(14-16-22)23-17-26(30)27(31)18-25(23)29/h13-20,24,32H,6-12H2,1-5H3. The fraction of sp³-hybridized carbons (Fsp3) is 0.571. The maximum atomic E-state index is 14.2. The van der Waals surface area contributed by atoms with Crippen LogP contribution in [-0.4, -0.2) is 10.7 Å². The molecule has 0 radical (unpaired) electrons. The topological polar surface area (TPSA) is 20.2 Å². The molecule has 0 saturated carbocycles. The molecule has 2 aromatic rings. The van der Waals surface area contributed by atoms with Crippen molar-refractivity contribution in [1.82, 2.24) is 0 Å². The summed E-state index contributed by atoms with van der Waals surface area (Å²) in [5.74, 6) is -2.98. The molecule has 0 amide bonds. The zero-order chi connectivity index (χ0) is 23.9. The minimum atomic E-state index is -1.19. The highest BCUT2D eigenvalue weighted by Crippen LogP contribution is 2.43. The Bertz CT molecular complexity index is 835. The van der Waals surface area contributed by atoms with E-state index in [-0.39, 0.29) is 23.3 Å². The van der Waals surface area contributed by atoms with Crippen molar-refractivity contribution in [3.8, 4) is 11.1 Å². The molecule has 2 aromatic carbocycles. The van der Waals surface area contributed by atoms with E-state index in [1.165, 1.54) is 25.7 Å². The van der Waals surface area contributed by atoms with Crippen LogP contribution in [0.5, 0.6) is 0 Å². The summed E-state index contributed by atoms with van der Waals surface area (Å²) in [6, 6.07) is 8.74.